The summed E-state index contributed by atoms with van der Waals surface area (Å²) in [6.45, 7) is 4.01. The number of rotatable bonds is 2. The van der Waals surface area contributed by atoms with Gasteiger partial charge in [0.05, 0.1) is 6.04 Å². The van der Waals surface area contributed by atoms with E-state index in [2.05, 4.69) is 9.97 Å². The second kappa shape index (κ2) is 4.41. The number of nitrogens with zero attached hydrogens (tertiary/aromatic N) is 2. The van der Waals surface area contributed by atoms with E-state index in [-0.39, 0.29) is 6.04 Å². The molecule has 1 heterocycles. The van der Waals surface area contributed by atoms with E-state index in [1.165, 1.54) is 5.56 Å². The Balaban J connectivity index is 2.35. The number of benzene rings is 1. The Kier molecular flexibility index (Phi) is 2.97. The van der Waals surface area contributed by atoms with Crippen LogP contribution in [0.3, 0.4) is 0 Å². The Hall–Kier alpha value is -1.74. The van der Waals surface area contributed by atoms with Gasteiger partial charge in [-0.05, 0) is 30.5 Å². The molecule has 1 atom stereocenters. The predicted molar refractivity (Wildman–Crippen MR) is 64.0 cm³/mol. The summed E-state index contributed by atoms with van der Waals surface area (Å²) in [4.78, 5) is 8.52. The van der Waals surface area contributed by atoms with Crippen LogP contribution in [0.4, 0.5) is 0 Å². The molecule has 2 N–H and O–H groups in total. The molecule has 0 amide bonds. The lowest BCUT2D eigenvalue weighted by molar-refractivity contribution is 0.772. The van der Waals surface area contributed by atoms with Crippen molar-refractivity contribution in [2.75, 3.05) is 0 Å². The Morgan fingerprint density at radius 2 is 1.69 bits per heavy atom. The lowest BCUT2D eigenvalue weighted by Gasteiger charge is -2.13. The van der Waals surface area contributed by atoms with E-state index in [1.54, 1.807) is 12.4 Å². The number of aryl methyl sites for hydroxylation is 2. The maximum Gasteiger partial charge on any atom is 0.149 e. The van der Waals surface area contributed by atoms with Gasteiger partial charge in [-0.25, -0.2) is 9.97 Å². The van der Waals surface area contributed by atoms with Gasteiger partial charge in [-0.3, -0.25) is 0 Å². The first kappa shape index (κ1) is 10.8. The smallest absolute Gasteiger partial charge is 0.149 e. The second-order valence-corrected chi connectivity index (χ2v) is 3.95. The van der Waals surface area contributed by atoms with E-state index in [0.29, 0.717) is 5.82 Å². The number of aromatic nitrogens is 2. The lowest BCUT2D eigenvalue weighted by Crippen LogP contribution is -2.16. The molecule has 2 rings (SSSR count). The SMILES string of the molecule is Cc1cnc(C(N)c2ccccc2C)nc1. The van der Waals surface area contributed by atoms with Gasteiger partial charge < -0.3 is 5.73 Å². The summed E-state index contributed by atoms with van der Waals surface area (Å²) < 4.78 is 0. The van der Waals surface area contributed by atoms with E-state index in [4.69, 9.17) is 5.73 Å². The molecule has 0 aliphatic heterocycles. The van der Waals surface area contributed by atoms with Crippen LogP contribution in [0.25, 0.3) is 0 Å². The zero-order valence-corrected chi connectivity index (χ0v) is 9.51. The molecule has 0 fully saturated rings. The summed E-state index contributed by atoms with van der Waals surface area (Å²) in [6, 6.07) is 7.80. The topological polar surface area (TPSA) is 51.8 Å². The van der Waals surface area contributed by atoms with Crippen LogP contribution in [0.15, 0.2) is 36.7 Å². The van der Waals surface area contributed by atoms with Crippen molar-refractivity contribution in [3.8, 4) is 0 Å². The van der Waals surface area contributed by atoms with Crippen molar-refractivity contribution in [1.29, 1.82) is 0 Å². The Bertz CT molecular complexity index is 477. The van der Waals surface area contributed by atoms with Gasteiger partial charge in [-0.15, -0.1) is 0 Å². The van der Waals surface area contributed by atoms with Crippen LogP contribution in [0.2, 0.25) is 0 Å². The average molecular weight is 213 g/mol. The Labute approximate surface area is 95.4 Å². The third-order valence-corrected chi connectivity index (χ3v) is 2.60. The van der Waals surface area contributed by atoms with Gasteiger partial charge >= 0.3 is 0 Å². The molecule has 16 heavy (non-hydrogen) atoms. The van der Waals surface area contributed by atoms with E-state index < -0.39 is 0 Å². The molecule has 82 valence electrons. The van der Waals surface area contributed by atoms with Crippen molar-refractivity contribution in [3.05, 3.63) is 59.2 Å². The maximum atomic E-state index is 6.14. The van der Waals surface area contributed by atoms with Crippen LogP contribution in [0.1, 0.15) is 28.6 Å². The van der Waals surface area contributed by atoms with Crippen molar-refractivity contribution < 1.29 is 0 Å². The molecule has 0 aliphatic rings. The molecule has 3 heteroatoms. The normalized spacial score (nSPS) is 12.4. The molecule has 1 unspecified atom stereocenters. The van der Waals surface area contributed by atoms with Crippen molar-refractivity contribution >= 4 is 0 Å². The molecule has 0 spiro atoms. The highest BCUT2D eigenvalue weighted by Crippen LogP contribution is 2.19. The maximum absolute atomic E-state index is 6.14. The van der Waals surface area contributed by atoms with Gasteiger partial charge in [0, 0.05) is 12.4 Å². The van der Waals surface area contributed by atoms with Gasteiger partial charge in [-0.2, -0.15) is 0 Å². The lowest BCUT2D eigenvalue weighted by atomic mass is 10.0. The van der Waals surface area contributed by atoms with Gasteiger partial charge in [-0.1, -0.05) is 24.3 Å². The number of nitrogens with two attached hydrogens (primary N) is 1. The highest BCUT2D eigenvalue weighted by molar-refractivity contribution is 5.32. The summed E-state index contributed by atoms with van der Waals surface area (Å²) in [5, 5.41) is 0. The molecule has 0 saturated carbocycles. The minimum absolute atomic E-state index is 0.248. The Morgan fingerprint density at radius 1 is 1.06 bits per heavy atom. The van der Waals surface area contributed by atoms with E-state index in [1.807, 2.05) is 38.1 Å². The summed E-state index contributed by atoms with van der Waals surface area (Å²) in [7, 11) is 0. The first-order valence-corrected chi connectivity index (χ1v) is 5.28. The van der Waals surface area contributed by atoms with E-state index in [0.717, 1.165) is 11.1 Å². The quantitative estimate of drug-likeness (QED) is 0.831. The zero-order valence-electron chi connectivity index (χ0n) is 9.51. The molecular formula is C13H15N3. The highest BCUT2D eigenvalue weighted by Gasteiger charge is 2.13. The molecular weight excluding hydrogens is 198 g/mol. The Morgan fingerprint density at radius 3 is 2.31 bits per heavy atom. The van der Waals surface area contributed by atoms with Crippen LogP contribution < -0.4 is 5.73 Å². The van der Waals surface area contributed by atoms with Gasteiger partial charge in [0.1, 0.15) is 5.82 Å². The summed E-state index contributed by atoms with van der Waals surface area (Å²) >= 11 is 0. The largest absolute Gasteiger partial charge is 0.318 e. The summed E-state index contributed by atoms with van der Waals surface area (Å²) in [5.41, 5.74) is 9.43. The number of hydrogen-bond donors (Lipinski definition) is 1. The van der Waals surface area contributed by atoms with Crippen LogP contribution >= 0.6 is 0 Å². The van der Waals surface area contributed by atoms with Crippen molar-refractivity contribution in [3.63, 3.8) is 0 Å². The van der Waals surface area contributed by atoms with Crippen molar-refractivity contribution in [2.24, 2.45) is 5.73 Å². The van der Waals surface area contributed by atoms with Crippen LogP contribution in [0, 0.1) is 13.8 Å². The fourth-order valence-electron chi connectivity index (χ4n) is 1.64. The van der Waals surface area contributed by atoms with E-state index in [9.17, 15) is 0 Å². The second-order valence-electron chi connectivity index (χ2n) is 3.95. The predicted octanol–water partition coefficient (Wildman–Crippen LogP) is 2.14. The third kappa shape index (κ3) is 2.09. The summed E-state index contributed by atoms with van der Waals surface area (Å²) in [5.74, 6) is 0.667. The van der Waals surface area contributed by atoms with Crippen molar-refractivity contribution in [2.45, 2.75) is 19.9 Å². The van der Waals surface area contributed by atoms with E-state index >= 15 is 0 Å². The minimum atomic E-state index is -0.248. The monoisotopic (exact) mass is 213 g/mol. The van der Waals surface area contributed by atoms with Gasteiger partial charge in [0.15, 0.2) is 0 Å². The average Bonchev–Trinajstić information content (AvgIpc) is 2.30. The standard InChI is InChI=1S/C13H15N3/c1-9-7-15-13(16-8-9)12(14)11-6-4-3-5-10(11)2/h3-8,12H,14H2,1-2H3. The van der Waals surface area contributed by atoms with Crippen LogP contribution in [0.5, 0.6) is 0 Å². The molecule has 2 aromatic rings. The molecule has 1 aromatic carbocycles. The van der Waals surface area contributed by atoms with Crippen LogP contribution in [-0.2, 0) is 0 Å². The highest BCUT2D eigenvalue weighted by atomic mass is 14.9. The van der Waals surface area contributed by atoms with Gasteiger partial charge in [0.25, 0.3) is 0 Å². The molecule has 1 aromatic heterocycles. The van der Waals surface area contributed by atoms with Gasteiger partial charge in [0.2, 0.25) is 0 Å². The first-order valence-electron chi connectivity index (χ1n) is 5.28. The fourth-order valence-corrected chi connectivity index (χ4v) is 1.64. The summed E-state index contributed by atoms with van der Waals surface area (Å²) in [6.07, 6.45) is 3.58. The third-order valence-electron chi connectivity index (χ3n) is 2.60. The molecule has 0 aliphatic carbocycles. The minimum Gasteiger partial charge on any atom is -0.318 e. The molecule has 3 nitrogen and oxygen atoms in total. The van der Waals surface area contributed by atoms with Crippen LogP contribution in [-0.4, -0.2) is 9.97 Å². The molecule has 0 radical (unpaired) electrons. The fraction of sp³-hybridized carbons (Fsp3) is 0.231. The number of hydrogen-bond acceptors (Lipinski definition) is 3. The molecule has 0 bridgehead atoms. The van der Waals surface area contributed by atoms with Crippen molar-refractivity contribution in [1.82, 2.24) is 9.97 Å². The first-order chi connectivity index (χ1) is 7.68. The zero-order chi connectivity index (χ0) is 11.5. The molecule has 0 saturated heterocycles.